The molecule has 0 unspecified atom stereocenters. The smallest absolute Gasteiger partial charge is 0.00157 e. The van der Waals surface area contributed by atoms with Gasteiger partial charge in [0.25, 0.3) is 0 Å². The van der Waals surface area contributed by atoms with E-state index in [4.69, 9.17) is 0 Å². The molecule has 3 rings (SSSR count). The highest BCUT2D eigenvalue weighted by Gasteiger charge is 2.48. The molecule has 0 N–H and O–H groups in total. The summed E-state index contributed by atoms with van der Waals surface area (Å²) in [5, 5.41) is 0. The van der Waals surface area contributed by atoms with Crippen molar-refractivity contribution in [2.45, 2.75) is 6.42 Å². The molecule has 1 aliphatic heterocycles. The number of nitrogens with zero attached hydrogens (tertiary/aromatic N) is 1. The number of allylic oxidation sites excluding steroid dienone is 2. The third kappa shape index (κ3) is 0.698. The fourth-order valence-electron chi connectivity index (χ4n) is 3.36. The highest BCUT2D eigenvalue weighted by molar-refractivity contribution is 5.16. The van der Waals surface area contributed by atoms with E-state index < -0.39 is 0 Å². The third-order valence-electron chi connectivity index (χ3n) is 3.84. The summed E-state index contributed by atoms with van der Waals surface area (Å²) in [4.78, 5) is 2.50. The third-order valence-corrected chi connectivity index (χ3v) is 3.84. The van der Waals surface area contributed by atoms with Gasteiger partial charge in [0, 0.05) is 13.1 Å². The largest absolute Gasteiger partial charge is 0.306 e. The van der Waals surface area contributed by atoms with Crippen LogP contribution >= 0.6 is 0 Å². The van der Waals surface area contributed by atoms with Gasteiger partial charge in [0.15, 0.2) is 0 Å². The van der Waals surface area contributed by atoms with Crippen LogP contribution in [0.5, 0.6) is 0 Å². The molecule has 2 aliphatic carbocycles. The molecule has 1 nitrogen and oxygen atoms in total. The Morgan fingerprint density at radius 1 is 1.09 bits per heavy atom. The van der Waals surface area contributed by atoms with Gasteiger partial charge in [-0.15, -0.1) is 0 Å². The van der Waals surface area contributed by atoms with Gasteiger partial charge in [-0.25, -0.2) is 0 Å². The summed E-state index contributed by atoms with van der Waals surface area (Å²) in [5.41, 5.74) is 0. The zero-order valence-electron chi connectivity index (χ0n) is 7.03. The first kappa shape index (κ1) is 6.24. The van der Waals surface area contributed by atoms with Crippen LogP contribution in [0.2, 0.25) is 0 Å². The molecular weight excluding hydrogens is 134 g/mol. The Kier molecular flexibility index (Phi) is 1.07. The lowest BCUT2D eigenvalue weighted by molar-refractivity contribution is 0.359. The topological polar surface area (TPSA) is 3.24 Å². The minimum absolute atomic E-state index is 0.954. The summed E-state index contributed by atoms with van der Waals surface area (Å²) in [6, 6.07) is 0. The Balaban J connectivity index is 1.92. The SMILES string of the molecule is CN1C[C@@H]2[C@H](C1)[C@@H]1C=C[C@H]2C1. The zero-order valence-corrected chi connectivity index (χ0v) is 7.03. The van der Waals surface area contributed by atoms with Crippen molar-refractivity contribution in [3.63, 3.8) is 0 Å². The molecule has 0 aromatic carbocycles. The van der Waals surface area contributed by atoms with Crippen molar-refractivity contribution in [2.75, 3.05) is 20.1 Å². The second-order valence-electron chi connectivity index (χ2n) is 4.50. The number of likely N-dealkylation sites (tertiary alicyclic amines) is 1. The van der Waals surface area contributed by atoms with Crippen LogP contribution in [0.4, 0.5) is 0 Å². The van der Waals surface area contributed by atoms with E-state index in [9.17, 15) is 0 Å². The Morgan fingerprint density at radius 2 is 1.64 bits per heavy atom. The van der Waals surface area contributed by atoms with Crippen molar-refractivity contribution in [2.24, 2.45) is 23.7 Å². The molecule has 1 saturated carbocycles. The van der Waals surface area contributed by atoms with Crippen molar-refractivity contribution in [3.05, 3.63) is 12.2 Å². The van der Waals surface area contributed by atoms with Crippen LogP contribution in [-0.2, 0) is 0 Å². The maximum Gasteiger partial charge on any atom is 0.00157 e. The van der Waals surface area contributed by atoms with Crippen LogP contribution in [0.1, 0.15) is 6.42 Å². The first-order chi connectivity index (χ1) is 5.34. The van der Waals surface area contributed by atoms with Gasteiger partial charge in [0.05, 0.1) is 0 Å². The Bertz CT molecular complexity index is 189. The lowest BCUT2D eigenvalue weighted by Crippen LogP contribution is -2.17. The first-order valence-electron chi connectivity index (χ1n) is 4.71. The molecule has 60 valence electrons. The van der Waals surface area contributed by atoms with Gasteiger partial charge in [-0.3, -0.25) is 0 Å². The predicted molar refractivity (Wildman–Crippen MR) is 45.2 cm³/mol. The zero-order chi connectivity index (χ0) is 7.42. The highest BCUT2D eigenvalue weighted by atomic mass is 15.1. The van der Waals surface area contributed by atoms with E-state index in [1.807, 2.05) is 0 Å². The number of fused-ring (bicyclic) bond motifs is 5. The van der Waals surface area contributed by atoms with Gasteiger partial charge in [0.1, 0.15) is 0 Å². The summed E-state index contributed by atoms with van der Waals surface area (Å²) < 4.78 is 0. The van der Waals surface area contributed by atoms with E-state index in [0.29, 0.717) is 0 Å². The molecule has 0 amide bonds. The average molecular weight is 149 g/mol. The molecule has 2 fully saturated rings. The maximum absolute atomic E-state index is 2.50. The molecule has 11 heavy (non-hydrogen) atoms. The number of hydrogen-bond donors (Lipinski definition) is 0. The van der Waals surface area contributed by atoms with E-state index in [-0.39, 0.29) is 0 Å². The van der Waals surface area contributed by atoms with Crippen LogP contribution in [-0.4, -0.2) is 25.0 Å². The van der Waals surface area contributed by atoms with Crippen molar-refractivity contribution in [1.29, 1.82) is 0 Å². The van der Waals surface area contributed by atoms with Gasteiger partial charge in [0.2, 0.25) is 0 Å². The maximum atomic E-state index is 2.50. The van der Waals surface area contributed by atoms with Crippen molar-refractivity contribution < 1.29 is 0 Å². The predicted octanol–water partition coefficient (Wildman–Crippen LogP) is 1.37. The summed E-state index contributed by atoms with van der Waals surface area (Å²) in [5.74, 6) is 3.95. The first-order valence-corrected chi connectivity index (χ1v) is 4.71. The van der Waals surface area contributed by atoms with Gasteiger partial charge in [-0.1, -0.05) is 12.2 Å². The van der Waals surface area contributed by atoms with Crippen LogP contribution < -0.4 is 0 Å². The van der Waals surface area contributed by atoms with Gasteiger partial charge >= 0.3 is 0 Å². The minimum atomic E-state index is 0.954. The molecule has 0 aromatic heterocycles. The minimum Gasteiger partial charge on any atom is -0.306 e. The molecule has 2 bridgehead atoms. The lowest BCUT2D eigenvalue weighted by atomic mass is 9.86. The van der Waals surface area contributed by atoms with E-state index >= 15 is 0 Å². The van der Waals surface area contributed by atoms with Crippen LogP contribution in [0.3, 0.4) is 0 Å². The Labute approximate surface area is 68.1 Å². The van der Waals surface area contributed by atoms with Gasteiger partial charge in [-0.05, 0) is 37.1 Å². The highest BCUT2D eigenvalue weighted by Crippen LogP contribution is 2.50. The molecule has 0 spiro atoms. The molecule has 1 heteroatoms. The fourth-order valence-corrected chi connectivity index (χ4v) is 3.36. The second kappa shape index (κ2) is 1.89. The molecule has 1 heterocycles. The molecule has 4 atom stereocenters. The normalized spacial score (nSPS) is 53.9. The Morgan fingerprint density at radius 3 is 2.18 bits per heavy atom. The monoisotopic (exact) mass is 149 g/mol. The van der Waals surface area contributed by atoms with Gasteiger partial charge in [-0.2, -0.15) is 0 Å². The van der Waals surface area contributed by atoms with Crippen molar-refractivity contribution in [3.8, 4) is 0 Å². The molecule has 3 aliphatic rings. The average Bonchev–Trinajstić information content (AvgIpc) is 2.53. The van der Waals surface area contributed by atoms with Crippen LogP contribution in [0, 0.1) is 23.7 Å². The molecular formula is C10H15N. The number of hydrogen-bond acceptors (Lipinski definition) is 1. The Hall–Kier alpha value is -0.300. The second-order valence-corrected chi connectivity index (χ2v) is 4.50. The molecule has 0 radical (unpaired) electrons. The number of rotatable bonds is 0. The molecule has 1 saturated heterocycles. The van der Waals surface area contributed by atoms with E-state index in [0.717, 1.165) is 23.7 Å². The van der Waals surface area contributed by atoms with Crippen LogP contribution in [0.15, 0.2) is 12.2 Å². The summed E-state index contributed by atoms with van der Waals surface area (Å²) in [6.45, 7) is 2.71. The summed E-state index contributed by atoms with van der Waals surface area (Å²) in [6.07, 6.45) is 6.40. The molecule has 0 aromatic rings. The summed E-state index contributed by atoms with van der Waals surface area (Å²) >= 11 is 0. The van der Waals surface area contributed by atoms with Gasteiger partial charge < -0.3 is 4.90 Å². The lowest BCUT2D eigenvalue weighted by Gasteiger charge is -2.17. The van der Waals surface area contributed by atoms with E-state index in [1.54, 1.807) is 0 Å². The fraction of sp³-hybridized carbons (Fsp3) is 0.800. The van der Waals surface area contributed by atoms with Crippen molar-refractivity contribution >= 4 is 0 Å². The van der Waals surface area contributed by atoms with Crippen molar-refractivity contribution in [1.82, 2.24) is 4.90 Å². The van der Waals surface area contributed by atoms with E-state index in [2.05, 4.69) is 24.1 Å². The van der Waals surface area contributed by atoms with E-state index in [1.165, 1.54) is 19.5 Å². The quantitative estimate of drug-likeness (QED) is 0.470. The summed E-state index contributed by atoms with van der Waals surface area (Å²) in [7, 11) is 2.26. The standard InChI is InChI=1S/C10H15N/c1-11-5-9-7-2-3-8(4-7)10(9)6-11/h2-3,7-10H,4-6H2,1H3/t7-,8+,9-,10+. The van der Waals surface area contributed by atoms with Crippen LogP contribution in [0.25, 0.3) is 0 Å².